The second-order valence-corrected chi connectivity index (χ2v) is 6.35. The van der Waals surface area contributed by atoms with Crippen molar-refractivity contribution in [2.24, 2.45) is 4.99 Å². The number of guanidine groups is 1. The highest BCUT2D eigenvalue weighted by Crippen LogP contribution is 2.18. The van der Waals surface area contributed by atoms with Gasteiger partial charge in [-0.2, -0.15) is 0 Å². The van der Waals surface area contributed by atoms with Crippen LogP contribution in [0.15, 0.2) is 10.4 Å². The number of hydrogen-bond donors (Lipinski definition) is 2. The molecule has 0 unspecified atom stereocenters. The van der Waals surface area contributed by atoms with E-state index >= 15 is 0 Å². The van der Waals surface area contributed by atoms with Crippen LogP contribution in [0.3, 0.4) is 0 Å². The van der Waals surface area contributed by atoms with E-state index in [-0.39, 0.29) is 0 Å². The highest BCUT2D eigenvalue weighted by molar-refractivity contribution is 7.09. The number of hydrogen-bond acceptors (Lipinski definition) is 4. The third kappa shape index (κ3) is 7.75. The highest BCUT2D eigenvalue weighted by atomic mass is 32.1. The van der Waals surface area contributed by atoms with Crippen LogP contribution in [-0.4, -0.2) is 37.2 Å². The monoisotopic (exact) mass is 326 g/mol. The molecule has 0 aliphatic heterocycles. The smallest absolute Gasteiger partial charge is 0.191 e. The van der Waals surface area contributed by atoms with Crippen molar-refractivity contribution in [2.45, 2.75) is 53.0 Å². The third-order valence-electron chi connectivity index (χ3n) is 3.06. The maximum atomic E-state index is 5.54. The van der Waals surface area contributed by atoms with Crippen LogP contribution in [0.5, 0.6) is 0 Å². The molecule has 0 atom stereocenters. The molecule has 0 fully saturated rings. The standard InChI is InChI=1S/C16H30N4OS/c1-5-7-9-21-10-8-18-16(17-6-2)19-11-15-20-14(12-22-15)13(3)4/h12-13H,5-11H2,1-4H3,(H2,17,18,19). The zero-order chi connectivity index (χ0) is 16.2. The summed E-state index contributed by atoms with van der Waals surface area (Å²) >= 11 is 1.68. The Bertz CT molecular complexity index is 432. The summed E-state index contributed by atoms with van der Waals surface area (Å²) in [6.07, 6.45) is 2.29. The molecule has 1 aromatic rings. The molecule has 0 radical (unpaired) electrons. The van der Waals surface area contributed by atoms with Crippen LogP contribution in [0.4, 0.5) is 0 Å². The first-order chi connectivity index (χ1) is 10.7. The number of thiazole rings is 1. The van der Waals surface area contributed by atoms with Gasteiger partial charge in [-0.25, -0.2) is 9.98 Å². The van der Waals surface area contributed by atoms with Gasteiger partial charge in [-0.15, -0.1) is 11.3 Å². The third-order valence-corrected chi connectivity index (χ3v) is 3.91. The number of nitrogens with zero attached hydrogens (tertiary/aromatic N) is 2. The Morgan fingerprint density at radius 2 is 2.14 bits per heavy atom. The van der Waals surface area contributed by atoms with Crippen LogP contribution in [0.1, 0.15) is 57.2 Å². The SMILES string of the molecule is CCCCOCCNC(=NCc1nc(C(C)C)cs1)NCC. The lowest BCUT2D eigenvalue weighted by molar-refractivity contribution is 0.136. The van der Waals surface area contributed by atoms with Crippen molar-refractivity contribution in [3.05, 3.63) is 16.1 Å². The lowest BCUT2D eigenvalue weighted by Gasteiger charge is -2.11. The summed E-state index contributed by atoms with van der Waals surface area (Å²) in [5, 5.41) is 9.71. The molecule has 0 saturated heterocycles. The van der Waals surface area contributed by atoms with Gasteiger partial charge in [-0.1, -0.05) is 27.2 Å². The van der Waals surface area contributed by atoms with Gasteiger partial charge in [-0.3, -0.25) is 0 Å². The fraction of sp³-hybridized carbons (Fsp3) is 0.750. The van der Waals surface area contributed by atoms with Crippen molar-refractivity contribution < 1.29 is 4.74 Å². The predicted octanol–water partition coefficient (Wildman–Crippen LogP) is 3.14. The molecule has 126 valence electrons. The molecule has 6 heteroatoms. The average molecular weight is 327 g/mol. The van der Waals surface area contributed by atoms with Crippen LogP contribution in [-0.2, 0) is 11.3 Å². The maximum Gasteiger partial charge on any atom is 0.191 e. The summed E-state index contributed by atoms with van der Waals surface area (Å²) in [7, 11) is 0. The van der Waals surface area contributed by atoms with Crippen LogP contribution in [0.2, 0.25) is 0 Å². The van der Waals surface area contributed by atoms with Crippen molar-refractivity contribution in [2.75, 3.05) is 26.3 Å². The number of ether oxygens (including phenoxy) is 1. The Balaban J connectivity index is 2.37. The van der Waals surface area contributed by atoms with Crippen LogP contribution in [0.25, 0.3) is 0 Å². The van der Waals surface area contributed by atoms with Crippen LogP contribution < -0.4 is 10.6 Å². The largest absolute Gasteiger partial charge is 0.380 e. The Labute approximate surface area is 138 Å². The number of aromatic nitrogens is 1. The Kier molecular flexibility index (Phi) is 9.82. The maximum absolute atomic E-state index is 5.54. The summed E-state index contributed by atoms with van der Waals surface area (Å²) < 4.78 is 5.54. The van der Waals surface area contributed by atoms with Crippen LogP contribution >= 0.6 is 11.3 Å². The van der Waals surface area contributed by atoms with Gasteiger partial charge in [-0.05, 0) is 19.3 Å². The van der Waals surface area contributed by atoms with E-state index in [0.717, 1.165) is 42.8 Å². The van der Waals surface area contributed by atoms with Crippen LogP contribution in [0, 0.1) is 0 Å². The molecule has 1 aromatic heterocycles. The minimum absolute atomic E-state index is 0.473. The lowest BCUT2D eigenvalue weighted by atomic mass is 10.2. The minimum Gasteiger partial charge on any atom is -0.380 e. The molecule has 5 nitrogen and oxygen atoms in total. The molecule has 0 aliphatic rings. The number of nitrogens with one attached hydrogen (secondary N) is 2. The predicted molar refractivity (Wildman–Crippen MR) is 94.7 cm³/mol. The quantitative estimate of drug-likeness (QED) is 0.394. The van der Waals surface area contributed by atoms with Gasteiger partial charge >= 0.3 is 0 Å². The number of rotatable bonds is 10. The Morgan fingerprint density at radius 3 is 2.77 bits per heavy atom. The number of unbranched alkanes of at least 4 members (excludes halogenated alkanes) is 1. The van der Waals surface area contributed by atoms with E-state index in [4.69, 9.17) is 4.74 Å². The Hall–Kier alpha value is -1.14. The topological polar surface area (TPSA) is 58.5 Å². The van der Waals surface area contributed by atoms with E-state index in [0.29, 0.717) is 19.1 Å². The molecule has 1 heterocycles. The average Bonchev–Trinajstić information content (AvgIpc) is 2.97. The summed E-state index contributed by atoms with van der Waals surface area (Å²) in [6, 6.07) is 0. The van der Waals surface area contributed by atoms with E-state index in [1.807, 2.05) is 0 Å². The normalized spacial score (nSPS) is 12.0. The Morgan fingerprint density at radius 1 is 1.32 bits per heavy atom. The summed E-state index contributed by atoms with van der Waals surface area (Å²) in [5.74, 6) is 1.29. The zero-order valence-corrected chi connectivity index (χ0v) is 15.1. The molecule has 0 aliphatic carbocycles. The van der Waals surface area contributed by atoms with Gasteiger partial charge in [0.05, 0.1) is 18.8 Å². The van der Waals surface area contributed by atoms with E-state index in [1.165, 1.54) is 6.42 Å². The molecular weight excluding hydrogens is 296 g/mol. The summed E-state index contributed by atoms with van der Waals surface area (Å²) in [4.78, 5) is 9.18. The van der Waals surface area contributed by atoms with Crippen molar-refractivity contribution >= 4 is 17.3 Å². The van der Waals surface area contributed by atoms with Gasteiger partial charge in [0.1, 0.15) is 5.01 Å². The summed E-state index contributed by atoms with van der Waals surface area (Å²) in [6.45, 7) is 12.3. The van der Waals surface area contributed by atoms with Gasteiger partial charge in [0.15, 0.2) is 5.96 Å². The molecule has 0 spiro atoms. The second-order valence-electron chi connectivity index (χ2n) is 5.41. The first-order valence-corrected chi connectivity index (χ1v) is 9.09. The lowest BCUT2D eigenvalue weighted by Crippen LogP contribution is -2.39. The van der Waals surface area contributed by atoms with Gasteiger partial charge in [0.2, 0.25) is 0 Å². The van der Waals surface area contributed by atoms with E-state index in [1.54, 1.807) is 11.3 Å². The van der Waals surface area contributed by atoms with Crippen molar-refractivity contribution in [1.29, 1.82) is 0 Å². The zero-order valence-electron chi connectivity index (χ0n) is 14.3. The van der Waals surface area contributed by atoms with Gasteiger partial charge in [0.25, 0.3) is 0 Å². The molecule has 0 amide bonds. The van der Waals surface area contributed by atoms with E-state index in [2.05, 4.69) is 53.7 Å². The van der Waals surface area contributed by atoms with E-state index < -0.39 is 0 Å². The van der Waals surface area contributed by atoms with E-state index in [9.17, 15) is 0 Å². The molecule has 0 saturated carbocycles. The molecule has 0 aromatic carbocycles. The first kappa shape index (κ1) is 18.9. The number of aliphatic imine (C=N–C) groups is 1. The molecular formula is C16H30N4OS. The summed E-state index contributed by atoms with van der Waals surface area (Å²) in [5.41, 5.74) is 1.15. The van der Waals surface area contributed by atoms with Gasteiger partial charge in [0, 0.05) is 25.1 Å². The minimum atomic E-state index is 0.473. The van der Waals surface area contributed by atoms with Crippen molar-refractivity contribution in [3.8, 4) is 0 Å². The van der Waals surface area contributed by atoms with Crippen molar-refractivity contribution in [1.82, 2.24) is 15.6 Å². The molecule has 0 bridgehead atoms. The van der Waals surface area contributed by atoms with Crippen molar-refractivity contribution in [3.63, 3.8) is 0 Å². The van der Waals surface area contributed by atoms with Gasteiger partial charge < -0.3 is 15.4 Å². The fourth-order valence-electron chi connectivity index (χ4n) is 1.74. The highest BCUT2D eigenvalue weighted by Gasteiger charge is 2.05. The molecule has 22 heavy (non-hydrogen) atoms. The molecule has 2 N–H and O–H groups in total. The fourth-order valence-corrected chi connectivity index (χ4v) is 2.62. The first-order valence-electron chi connectivity index (χ1n) is 8.21. The second kappa shape index (κ2) is 11.4. The molecule has 1 rings (SSSR count).